The molecular formula is C29H31F4N3O5. The first-order chi connectivity index (χ1) is 19.6. The monoisotopic (exact) mass is 577 g/mol. The molecule has 1 aromatic heterocycles. The molecule has 0 spiro atoms. The molecule has 41 heavy (non-hydrogen) atoms. The molecule has 1 atom stereocenters. The molecule has 0 radical (unpaired) electrons. The third-order valence-corrected chi connectivity index (χ3v) is 6.97. The van der Waals surface area contributed by atoms with E-state index in [0.29, 0.717) is 37.1 Å². The smallest absolute Gasteiger partial charge is 0.424 e. The number of hydrogen-bond acceptors (Lipinski definition) is 7. The second-order valence-electron chi connectivity index (χ2n) is 9.68. The Labute approximate surface area is 234 Å². The van der Waals surface area contributed by atoms with Gasteiger partial charge in [-0.2, -0.15) is 13.2 Å². The van der Waals surface area contributed by atoms with Crippen molar-refractivity contribution in [1.82, 2.24) is 15.6 Å². The van der Waals surface area contributed by atoms with E-state index in [-0.39, 0.29) is 41.9 Å². The van der Waals surface area contributed by atoms with Crippen LogP contribution in [-0.4, -0.2) is 67.2 Å². The Hall–Kier alpha value is -3.74. The number of hydrogen-bond donors (Lipinski definition) is 4. The van der Waals surface area contributed by atoms with Crippen LogP contribution in [0.3, 0.4) is 0 Å². The van der Waals surface area contributed by atoms with Crippen LogP contribution in [0.2, 0.25) is 0 Å². The van der Waals surface area contributed by atoms with Crippen molar-refractivity contribution in [3.63, 3.8) is 0 Å². The van der Waals surface area contributed by atoms with Gasteiger partial charge in [-0.05, 0) is 92.0 Å². The maximum absolute atomic E-state index is 14.5. The molecule has 1 fully saturated rings. The van der Waals surface area contributed by atoms with Crippen molar-refractivity contribution in [1.29, 1.82) is 0 Å². The van der Waals surface area contributed by atoms with E-state index in [9.17, 15) is 27.5 Å². The number of piperidine rings is 1. The van der Waals surface area contributed by atoms with Gasteiger partial charge < -0.3 is 30.3 Å². The fraction of sp³-hybridized carbons (Fsp3) is 0.379. The molecule has 1 saturated heterocycles. The van der Waals surface area contributed by atoms with E-state index in [4.69, 9.17) is 14.6 Å². The fourth-order valence-electron chi connectivity index (χ4n) is 4.65. The number of ether oxygens (including phenoxy) is 2. The van der Waals surface area contributed by atoms with Gasteiger partial charge in [0, 0.05) is 11.1 Å². The first-order valence-corrected chi connectivity index (χ1v) is 13.0. The lowest BCUT2D eigenvalue weighted by molar-refractivity contribution is -0.265. The van der Waals surface area contributed by atoms with Gasteiger partial charge in [-0.1, -0.05) is 0 Å². The number of benzene rings is 2. The number of aliphatic hydroxyl groups excluding tert-OH is 1. The molecular weight excluding hydrogens is 546 g/mol. The summed E-state index contributed by atoms with van der Waals surface area (Å²) in [5.41, 5.74) is -3.15. The average molecular weight is 578 g/mol. The van der Waals surface area contributed by atoms with Gasteiger partial charge in [-0.3, -0.25) is 4.79 Å². The van der Waals surface area contributed by atoms with Gasteiger partial charge in [0.1, 0.15) is 12.4 Å². The zero-order valence-electron chi connectivity index (χ0n) is 22.3. The number of aromatic nitrogens is 1. The molecule has 2 aromatic carbocycles. The Morgan fingerprint density at radius 1 is 1.07 bits per heavy atom. The molecule has 1 amide bonds. The van der Waals surface area contributed by atoms with Crippen molar-refractivity contribution in [2.75, 3.05) is 40.0 Å². The molecule has 8 nitrogen and oxygen atoms in total. The highest BCUT2D eigenvalue weighted by molar-refractivity contribution is 5.95. The number of aliphatic hydroxyl groups is 2. The summed E-state index contributed by atoms with van der Waals surface area (Å²) in [5, 5.41) is 25.5. The quantitative estimate of drug-likeness (QED) is 0.270. The van der Waals surface area contributed by atoms with Crippen molar-refractivity contribution in [2.24, 2.45) is 0 Å². The number of rotatable bonds is 10. The molecule has 0 bridgehead atoms. The van der Waals surface area contributed by atoms with Crippen molar-refractivity contribution >= 4 is 5.91 Å². The number of carbonyl (C=O) groups excluding carboxylic acids is 1. The van der Waals surface area contributed by atoms with Crippen LogP contribution < -0.4 is 20.1 Å². The second-order valence-corrected chi connectivity index (χ2v) is 9.68. The molecule has 2 heterocycles. The molecule has 1 aliphatic heterocycles. The van der Waals surface area contributed by atoms with Gasteiger partial charge in [-0.25, -0.2) is 9.37 Å². The minimum absolute atomic E-state index is 0.0239. The third kappa shape index (κ3) is 6.95. The van der Waals surface area contributed by atoms with Crippen molar-refractivity contribution < 1.29 is 42.0 Å². The molecule has 12 heteroatoms. The minimum Gasteiger partial charge on any atom is -0.493 e. The number of nitrogens with one attached hydrogen (secondary N) is 2. The Morgan fingerprint density at radius 2 is 1.78 bits per heavy atom. The summed E-state index contributed by atoms with van der Waals surface area (Å²) in [6.45, 7) is -0.130. The zero-order chi connectivity index (χ0) is 29.6. The van der Waals surface area contributed by atoms with Crippen LogP contribution in [-0.2, 0) is 5.60 Å². The maximum Gasteiger partial charge on any atom is 0.424 e. The predicted molar refractivity (Wildman–Crippen MR) is 142 cm³/mol. The predicted octanol–water partition coefficient (Wildman–Crippen LogP) is 3.91. The number of methoxy groups -OCH3 is 1. The van der Waals surface area contributed by atoms with E-state index < -0.39 is 35.7 Å². The average Bonchev–Trinajstić information content (AvgIpc) is 2.98. The molecule has 3 aromatic rings. The molecule has 0 aliphatic carbocycles. The lowest BCUT2D eigenvalue weighted by atomic mass is 9.87. The zero-order valence-corrected chi connectivity index (χ0v) is 22.3. The maximum atomic E-state index is 14.5. The van der Waals surface area contributed by atoms with Gasteiger partial charge in [0.15, 0.2) is 11.5 Å². The number of pyridine rings is 1. The highest BCUT2D eigenvalue weighted by atomic mass is 19.4. The number of halogens is 4. The Bertz CT molecular complexity index is 1350. The van der Waals surface area contributed by atoms with Crippen molar-refractivity contribution in [3.05, 3.63) is 77.2 Å². The van der Waals surface area contributed by atoms with Crippen molar-refractivity contribution in [3.8, 4) is 22.8 Å². The molecule has 220 valence electrons. The van der Waals surface area contributed by atoms with Crippen LogP contribution in [0.4, 0.5) is 17.6 Å². The van der Waals surface area contributed by atoms with Crippen LogP contribution in [0.5, 0.6) is 11.5 Å². The van der Waals surface area contributed by atoms with E-state index in [0.717, 1.165) is 0 Å². The number of alkyl halides is 3. The topological polar surface area (TPSA) is 113 Å². The van der Waals surface area contributed by atoms with E-state index >= 15 is 0 Å². The van der Waals surface area contributed by atoms with Crippen LogP contribution in [0.15, 0.2) is 54.6 Å². The summed E-state index contributed by atoms with van der Waals surface area (Å²) in [7, 11) is 1.32. The molecule has 4 N–H and O–H groups in total. The lowest BCUT2D eigenvalue weighted by Crippen LogP contribution is -2.51. The van der Waals surface area contributed by atoms with Gasteiger partial charge in [-0.15, -0.1) is 0 Å². The highest BCUT2D eigenvalue weighted by Crippen LogP contribution is 2.40. The summed E-state index contributed by atoms with van der Waals surface area (Å²) in [6, 6.07) is 12.0. The van der Waals surface area contributed by atoms with E-state index in [2.05, 4.69) is 15.6 Å². The third-order valence-electron chi connectivity index (χ3n) is 6.97. The molecule has 1 aliphatic rings. The Balaban J connectivity index is 1.68. The summed E-state index contributed by atoms with van der Waals surface area (Å²) in [5.74, 6) is -1.12. The standard InChI is InChI=1S/C29H31F4N3O5/c1-40-25-15-20(4-7-24(25)41-13-12-37)27(38)35-17-28(39,29(31,32)33)26-16-21(18-8-10-34-11-9-18)14-23(36-26)19-2-5-22(30)6-3-19/h2-7,14-16,18,34,37,39H,8-13,17H2,1H3,(H,35,38). The minimum atomic E-state index is -5.21. The lowest BCUT2D eigenvalue weighted by Gasteiger charge is -2.32. The SMILES string of the molecule is COc1cc(C(=O)NCC(O)(c2cc(C3CCNCC3)cc(-c3ccc(F)cc3)n2)C(F)(F)F)ccc1OCCO. The van der Waals surface area contributed by atoms with Gasteiger partial charge >= 0.3 is 6.18 Å². The second kappa shape index (κ2) is 12.8. The van der Waals surface area contributed by atoms with Gasteiger partial charge in [0.05, 0.1) is 31.6 Å². The first-order valence-electron chi connectivity index (χ1n) is 13.0. The molecule has 1 unspecified atom stereocenters. The fourth-order valence-corrected chi connectivity index (χ4v) is 4.65. The summed E-state index contributed by atoms with van der Waals surface area (Å²) in [4.78, 5) is 17.1. The van der Waals surface area contributed by atoms with Crippen LogP contribution in [0.1, 0.15) is 40.4 Å². The number of carbonyl (C=O) groups is 1. The largest absolute Gasteiger partial charge is 0.493 e. The summed E-state index contributed by atoms with van der Waals surface area (Å²) < 4.78 is 67.7. The normalized spacial score (nSPS) is 15.7. The summed E-state index contributed by atoms with van der Waals surface area (Å²) >= 11 is 0. The van der Waals surface area contributed by atoms with E-state index in [1.807, 2.05) is 0 Å². The van der Waals surface area contributed by atoms with Gasteiger partial charge in [0.25, 0.3) is 5.91 Å². The highest BCUT2D eigenvalue weighted by Gasteiger charge is 2.56. The first kappa shape index (κ1) is 30.2. The van der Waals surface area contributed by atoms with E-state index in [1.54, 1.807) is 6.07 Å². The number of amides is 1. The van der Waals surface area contributed by atoms with Gasteiger partial charge in [0.2, 0.25) is 5.60 Å². The summed E-state index contributed by atoms with van der Waals surface area (Å²) in [6.07, 6.45) is -3.86. The Morgan fingerprint density at radius 3 is 2.41 bits per heavy atom. The van der Waals surface area contributed by atoms with Crippen LogP contribution >= 0.6 is 0 Å². The van der Waals surface area contributed by atoms with E-state index in [1.165, 1.54) is 55.6 Å². The van der Waals surface area contributed by atoms with Crippen LogP contribution in [0, 0.1) is 5.82 Å². The van der Waals surface area contributed by atoms with Crippen molar-refractivity contribution in [2.45, 2.75) is 30.5 Å². The van der Waals surface area contributed by atoms with Crippen LogP contribution in [0.25, 0.3) is 11.3 Å². The Kier molecular flexibility index (Phi) is 9.46. The molecule has 4 rings (SSSR count). The number of nitrogens with zero attached hydrogens (tertiary/aromatic N) is 1. The molecule has 0 saturated carbocycles.